The number of ether oxygens (including phenoxy) is 2. The number of methoxy groups -OCH3 is 2. The summed E-state index contributed by atoms with van der Waals surface area (Å²) in [4.78, 5) is 0. The molecule has 0 spiro atoms. The van der Waals surface area contributed by atoms with Gasteiger partial charge in [0.15, 0.2) is 5.82 Å². The molecule has 1 atom stereocenters. The van der Waals surface area contributed by atoms with E-state index in [4.69, 9.17) is 26.9 Å². The molecule has 26 heavy (non-hydrogen) atoms. The Hall–Kier alpha value is -2.38. The van der Waals surface area contributed by atoms with Crippen molar-refractivity contribution in [3.8, 4) is 22.9 Å². The van der Waals surface area contributed by atoms with Crippen molar-refractivity contribution >= 4 is 23.4 Å². The summed E-state index contributed by atoms with van der Waals surface area (Å²) in [5.74, 6) is 8.06. The summed E-state index contributed by atoms with van der Waals surface area (Å²) >= 11 is 7.77. The maximum atomic E-state index is 6.28. The lowest BCUT2D eigenvalue weighted by Crippen LogP contribution is -2.12. The first-order valence-electron chi connectivity index (χ1n) is 7.89. The number of aromatic nitrogens is 3. The standard InChI is InChI=1S/C18H19ClN4O2S/c1-11(13-6-4-5-7-15(13)19)26-18-22-21-17(23(18)20)14-9-8-12(24-2)10-16(14)25-3/h4-11H,20H2,1-3H3. The molecule has 0 fully saturated rings. The van der Waals surface area contributed by atoms with Gasteiger partial charge in [-0.15, -0.1) is 10.2 Å². The smallest absolute Gasteiger partial charge is 0.210 e. The molecule has 0 saturated heterocycles. The summed E-state index contributed by atoms with van der Waals surface area (Å²) in [5, 5.41) is 9.83. The highest BCUT2D eigenvalue weighted by molar-refractivity contribution is 7.99. The molecule has 0 amide bonds. The number of halogens is 1. The second-order valence-electron chi connectivity index (χ2n) is 5.52. The Labute approximate surface area is 161 Å². The highest BCUT2D eigenvalue weighted by atomic mass is 35.5. The van der Waals surface area contributed by atoms with Crippen molar-refractivity contribution in [3.63, 3.8) is 0 Å². The predicted molar refractivity (Wildman–Crippen MR) is 104 cm³/mol. The molecule has 2 N–H and O–H groups in total. The lowest BCUT2D eigenvalue weighted by Gasteiger charge is -2.13. The van der Waals surface area contributed by atoms with Crippen LogP contribution in [-0.4, -0.2) is 29.1 Å². The molecular formula is C18H19ClN4O2S. The summed E-state index contributed by atoms with van der Waals surface area (Å²) in [6.45, 7) is 2.05. The van der Waals surface area contributed by atoms with Crippen molar-refractivity contribution in [1.82, 2.24) is 14.9 Å². The molecule has 136 valence electrons. The molecule has 8 heteroatoms. The summed E-state index contributed by atoms with van der Waals surface area (Å²) in [6.07, 6.45) is 0. The summed E-state index contributed by atoms with van der Waals surface area (Å²) in [5.41, 5.74) is 1.76. The van der Waals surface area contributed by atoms with Crippen LogP contribution in [0.4, 0.5) is 0 Å². The van der Waals surface area contributed by atoms with Crippen molar-refractivity contribution in [2.24, 2.45) is 0 Å². The minimum Gasteiger partial charge on any atom is -0.497 e. The number of hydrogen-bond donors (Lipinski definition) is 1. The summed E-state index contributed by atoms with van der Waals surface area (Å²) < 4.78 is 12.1. The van der Waals surface area contributed by atoms with Crippen molar-refractivity contribution in [1.29, 1.82) is 0 Å². The zero-order valence-electron chi connectivity index (χ0n) is 14.6. The first kappa shape index (κ1) is 18.4. The number of nitrogens with two attached hydrogens (primary N) is 1. The molecule has 2 aromatic carbocycles. The molecule has 0 bridgehead atoms. The third-order valence-electron chi connectivity index (χ3n) is 3.94. The molecule has 0 aliphatic heterocycles. The third-order valence-corrected chi connectivity index (χ3v) is 5.38. The number of nitrogen functional groups attached to an aromatic ring is 1. The number of nitrogens with zero attached hydrogens (tertiary/aromatic N) is 3. The van der Waals surface area contributed by atoms with Crippen molar-refractivity contribution < 1.29 is 9.47 Å². The topological polar surface area (TPSA) is 75.2 Å². The predicted octanol–water partition coefficient (Wildman–Crippen LogP) is 4.18. The van der Waals surface area contributed by atoms with Gasteiger partial charge < -0.3 is 15.3 Å². The lowest BCUT2D eigenvalue weighted by molar-refractivity contribution is 0.395. The van der Waals surface area contributed by atoms with Gasteiger partial charge in [-0.1, -0.05) is 41.6 Å². The average Bonchev–Trinajstić information content (AvgIpc) is 3.01. The minimum atomic E-state index is 0.0702. The van der Waals surface area contributed by atoms with Gasteiger partial charge in [0.25, 0.3) is 0 Å². The van der Waals surface area contributed by atoms with Crippen LogP contribution >= 0.6 is 23.4 Å². The lowest BCUT2D eigenvalue weighted by atomic mass is 10.2. The third kappa shape index (κ3) is 3.59. The molecular weight excluding hydrogens is 372 g/mol. The highest BCUT2D eigenvalue weighted by Crippen LogP contribution is 2.38. The second kappa shape index (κ2) is 7.88. The van der Waals surface area contributed by atoms with E-state index < -0.39 is 0 Å². The van der Waals surface area contributed by atoms with E-state index in [1.807, 2.05) is 43.3 Å². The van der Waals surface area contributed by atoms with Crippen LogP contribution in [0.2, 0.25) is 5.02 Å². The van der Waals surface area contributed by atoms with Crippen LogP contribution < -0.4 is 15.3 Å². The first-order chi connectivity index (χ1) is 12.5. The van der Waals surface area contributed by atoms with E-state index in [0.717, 1.165) is 11.1 Å². The van der Waals surface area contributed by atoms with E-state index in [0.29, 0.717) is 27.5 Å². The van der Waals surface area contributed by atoms with Crippen molar-refractivity contribution in [3.05, 3.63) is 53.1 Å². The van der Waals surface area contributed by atoms with Crippen molar-refractivity contribution in [2.75, 3.05) is 20.1 Å². The molecule has 0 radical (unpaired) electrons. The van der Waals surface area contributed by atoms with E-state index in [9.17, 15) is 0 Å². The van der Waals surface area contributed by atoms with Crippen LogP contribution in [0.15, 0.2) is 47.6 Å². The van der Waals surface area contributed by atoms with Crippen LogP contribution in [-0.2, 0) is 0 Å². The number of thioether (sulfide) groups is 1. The van der Waals surface area contributed by atoms with Crippen LogP contribution in [0.1, 0.15) is 17.7 Å². The Bertz CT molecular complexity index is 916. The second-order valence-corrected chi connectivity index (χ2v) is 7.24. The van der Waals surface area contributed by atoms with Gasteiger partial charge in [-0.25, -0.2) is 4.68 Å². The number of benzene rings is 2. The van der Waals surface area contributed by atoms with Gasteiger partial charge in [0.2, 0.25) is 5.16 Å². The monoisotopic (exact) mass is 390 g/mol. The summed E-state index contributed by atoms with van der Waals surface area (Å²) in [6, 6.07) is 13.2. The van der Waals surface area contributed by atoms with Crippen LogP contribution in [0.5, 0.6) is 11.5 Å². The summed E-state index contributed by atoms with van der Waals surface area (Å²) in [7, 11) is 3.19. The maximum Gasteiger partial charge on any atom is 0.210 e. The average molecular weight is 391 g/mol. The van der Waals surface area contributed by atoms with Gasteiger partial charge >= 0.3 is 0 Å². The molecule has 3 rings (SSSR count). The van der Waals surface area contributed by atoms with Gasteiger partial charge in [0.05, 0.1) is 19.8 Å². The Morgan fingerprint density at radius 3 is 2.58 bits per heavy atom. The molecule has 6 nitrogen and oxygen atoms in total. The maximum absolute atomic E-state index is 6.28. The fourth-order valence-electron chi connectivity index (χ4n) is 2.55. The van der Waals surface area contributed by atoms with Crippen molar-refractivity contribution in [2.45, 2.75) is 17.3 Å². The Morgan fingerprint density at radius 2 is 1.88 bits per heavy atom. The molecule has 1 aromatic heterocycles. The Morgan fingerprint density at radius 1 is 1.12 bits per heavy atom. The van der Waals surface area contributed by atoms with Gasteiger partial charge in [-0.05, 0) is 30.7 Å². The van der Waals surface area contributed by atoms with Gasteiger partial charge in [-0.3, -0.25) is 0 Å². The van der Waals surface area contributed by atoms with E-state index in [-0.39, 0.29) is 5.25 Å². The zero-order valence-corrected chi connectivity index (χ0v) is 16.2. The largest absolute Gasteiger partial charge is 0.497 e. The molecule has 0 saturated carbocycles. The molecule has 1 unspecified atom stereocenters. The normalized spacial score (nSPS) is 12.0. The first-order valence-corrected chi connectivity index (χ1v) is 9.15. The highest BCUT2D eigenvalue weighted by Gasteiger charge is 2.20. The van der Waals surface area contributed by atoms with Gasteiger partial charge in [0.1, 0.15) is 11.5 Å². The van der Waals surface area contributed by atoms with Crippen LogP contribution in [0, 0.1) is 0 Å². The van der Waals surface area contributed by atoms with Crippen LogP contribution in [0.3, 0.4) is 0 Å². The Kier molecular flexibility index (Phi) is 5.58. The fraction of sp³-hybridized carbons (Fsp3) is 0.222. The van der Waals surface area contributed by atoms with E-state index in [1.165, 1.54) is 16.4 Å². The quantitative estimate of drug-likeness (QED) is 0.502. The fourth-order valence-corrected chi connectivity index (χ4v) is 3.85. The van der Waals surface area contributed by atoms with E-state index in [1.54, 1.807) is 20.3 Å². The minimum absolute atomic E-state index is 0.0702. The van der Waals surface area contributed by atoms with Gasteiger partial charge in [0, 0.05) is 16.3 Å². The molecule has 0 aliphatic rings. The van der Waals surface area contributed by atoms with E-state index in [2.05, 4.69) is 10.2 Å². The zero-order chi connectivity index (χ0) is 18.7. The molecule has 3 aromatic rings. The SMILES string of the molecule is COc1ccc(-c2nnc(SC(C)c3ccccc3Cl)n2N)c(OC)c1. The molecule has 1 heterocycles. The molecule has 0 aliphatic carbocycles. The van der Waals surface area contributed by atoms with Gasteiger partial charge in [-0.2, -0.15) is 0 Å². The Balaban J connectivity index is 1.90. The van der Waals surface area contributed by atoms with Crippen LogP contribution in [0.25, 0.3) is 11.4 Å². The number of rotatable bonds is 6. The number of hydrogen-bond acceptors (Lipinski definition) is 6. The van der Waals surface area contributed by atoms with E-state index >= 15 is 0 Å².